The maximum atomic E-state index is 11.6. The minimum atomic E-state index is -0.257. The summed E-state index contributed by atoms with van der Waals surface area (Å²) in [5, 5.41) is 0. The Balaban J connectivity index is 1.37. The molecule has 1 fully saturated rings. The molecule has 4 rings (SSSR count). The molecule has 0 aliphatic carbocycles. The number of hydrogen-bond acceptors (Lipinski definition) is 3. The molecule has 0 radical (unpaired) electrons. The van der Waals surface area contributed by atoms with Gasteiger partial charge in [-0.2, -0.15) is 0 Å². The second-order valence-corrected chi connectivity index (χ2v) is 7.35. The van der Waals surface area contributed by atoms with Gasteiger partial charge in [-0.15, -0.1) is 0 Å². The Labute approximate surface area is 177 Å². The molecule has 1 aliphatic rings. The first kappa shape index (κ1) is 19.6. The van der Waals surface area contributed by atoms with E-state index in [2.05, 4.69) is 16.7 Å². The molecular weight excluding hydrogens is 372 g/mol. The second kappa shape index (κ2) is 9.19. The quantitative estimate of drug-likeness (QED) is 0.660. The third-order valence-corrected chi connectivity index (χ3v) is 5.23. The smallest absolute Gasteiger partial charge is 0.240 e. The molecule has 4 heteroatoms. The van der Waals surface area contributed by atoms with Crippen LogP contribution in [0.5, 0.6) is 5.75 Å². The molecule has 30 heavy (non-hydrogen) atoms. The summed E-state index contributed by atoms with van der Waals surface area (Å²) in [5.41, 5.74) is 9.53. The van der Waals surface area contributed by atoms with Crippen molar-refractivity contribution in [1.82, 2.24) is 0 Å². The minimum absolute atomic E-state index is 0.204. The molecule has 0 unspecified atom stereocenters. The number of primary amides is 1. The van der Waals surface area contributed by atoms with Crippen LogP contribution in [0.1, 0.15) is 29.5 Å². The topological polar surface area (TPSA) is 55.6 Å². The van der Waals surface area contributed by atoms with Crippen molar-refractivity contribution in [2.45, 2.75) is 25.5 Å². The lowest BCUT2D eigenvalue weighted by Gasteiger charge is -2.24. The van der Waals surface area contributed by atoms with Gasteiger partial charge in [-0.3, -0.25) is 4.79 Å². The molecule has 1 heterocycles. The maximum Gasteiger partial charge on any atom is 0.240 e. The first-order valence-electron chi connectivity index (χ1n) is 10.1. The van der Waals surface area contributed by atoms with Crippen LogP contribution in [-0.4, -0.2) is 18.5 Å². The number of anilines is 1. The van der Waals surface area contributed by atoms with E-state index < -0.39 is 0 Å². The summed E-state index contributed by atoms with van der Waals surface area (Å²) in [5.74, 6) is 6.94. The van der Waals surface area contributed by atoms with Gasteiger partial charge in [0.25, 0.3) is 0 Å². The average Bonchev–Trinajstić information content (AvgIpc) is 3.28. The lowest BCUT2D eigenvalue weighted by atomic mass is 10.1. The average molecular weight is 396 g/mol. The van der Waals surface area contributed by atoms with E-state index in [9.17, 15) is 4.79 Å². The molecule has 4 nitrogen and oxygen atoms in total. The first-order chi connectivity index (χ1) is 14.7. The Morgan fingerprint density at radius 1 is 0.933 bits per heavy atom. The molecule has 3 aromatic carbocycles. The molecule has 0 aromatic heterocycles. The lowest BCUT2D eigenvalue weighted by Crippen LogP contribution is -2.40. The SMILES string of the molecule is NC(=O)[C@H]1CCCN1c1ccc(C#Cc2ccc(OCc3ccccc3)cc2)cc1. The van der Waals surface area contributed by atoms with Gasteiger partial charge in [0.15, 0.2) is 0 Å². The highest BCUT2D eigenvalue weighted by Gasteiger charge is 2.28. The number of rotatable bonds is 5. The predicted molar refractivity (Wildman–Crippen MR) is 119 cm³/mol. The van der Waals surface area contributed by atoms with Crippen LogP contribution in [0, 0.1) is 11.8 Å². The summed E-state index contributed by atoms with van der Waals surface area (Å²) in [6.07, 6.45) is 1.81. The van der Waals surface area contributed by atoms with E-state index in [-0.39, 0.29) is 11.9 Å². The highest BCUT2D eigenvalue weighted by Crippen LogP contribution is 2.25. The molecular formula is C26H24N2O2. The molecule has 0 saturated carbocycles. The summed E-state index contributed by atoms with van der Waals surface area (Å²) in [6, 6.07) is 25.7. The zero-order chi connectivity index (χ0) is 20.8. The monoisotopic (exact) mass is 396 g/mol. The number of amides is 1. The van der Waals surface area contributed by atoms with E-state index in [1.165, 1.54) is 0 Å². The van der Waals surface area contributed by atoms with Gasteiger partial charge in [0.2, 0.25) is 5.91 Å². The number of hydrogen-bond donors (Lipinski definition) is 1. The Bertz CT molecular complexity index is 1050. The van der Waals surface area contributed by atoms with Crippen LogP contribution in [0.4, 0.5) is 5.69 Å². The van der Waals surface area contributed by atoms with Gasteiger partial charge in [0.05, 0.1) is 0 Å². The Kier molecular flexibility index (Phi) is 6.01. The summed E-state index contributed by atoms with van der Waals surface area (Å²) in [7, 11) is 0. The summed E-state index contributed by atoms with van der Waals surface area (Å²) < 4.78 is 5.81. The van der Waals surface area contributed by atoms with Crippen LogP contribution in [0.2, 0.25) is 0 Å². The van der Waals surface area contributed by atoms with Crippen LogP contribution in [0.25, 0.3) is 0 Å². The van der Waals surface area contributed by atoms with Crippen molar-refractivity contribution < 1.29 is 9.53 Å². The minimum Gasteiger partial charge on any atom is -0.489 e. The van der Waals surface area contributed by atoms with Gasteiger partial charge < -0.3 is 15.4 Å². The highest BCUT2D eigenvalue weighted by molar-refractivity contribution is 5.84. The van der Waals surface area contributed by atoms with Crippen molar-refractivity contribution in [2.75, 3.05) is 11.4 Å². The third-order valence-electron chi connectivity index (χ3n) is 5.23. The van der Waals surface area contributed by atoms with E-state index in [1.807, 2.05) is 78.9 Å². The van der Waals surface area contributed by atoms with E-state index >= 15 is 0 Å². The number of carbonyl (C=O) groups excluding carboxylic acids is 1. The number of nitrogens with zero attached hydrogens (tertiary/aromatic N) is 1. The third kappa shape index (κ3) is 4.82. The normalized spacial score (nSPS) is 15.3. The molecule has 2 N–H and O–H groups in total. The molecule has 1 saturated heterocycles. The summed E-state index contributed by atoms with van der Waals surface area (Å²) >= 11 is 0. The van der Waals surface area contributed by atoms with Crippen molar-refractivity contribution in [3.63, 3.8) is 0 Å². The molecule has 150 valence electrons. The van der Waals surface area contributed by atoms with E-state index in [1.54, 1.807) is 0 Å². The van der Waals surface area contributed by atoms with Gasteiger partial charge in [0.1, 0.15) is 18.4 Å². The second-order valence-electron chi connectivity index (χ2n) is 7.35. The van der Waals surface area contributed by atoms with Crippen molar-refractivity contribution in [3.05, 3.63) is 95.6 Å². The van der Waals surface area contributed by atoms with E-state index in [4.69, 9.17) is 10.5 Å². The van der Waals surface area contributed by atoms with Crippen LogP contribution >= 0.6 is 0 Å². The number of benzene rings is 3. The molecule has 1 atom stereocenters. The fraction of sp³-hybridized carbons (Fsp3) is 0.192. The maximum absolute atomic E-state index is 11.6. The van der Waals surface area contributed by atoms with Crippen LogP contribution < -0.4 is 15.4 Å². The van der Waals surface area contributed by atoms with Crippen molar-refractivity contribution in [3.8, 4) is 17.6 Å². The van der Waals surface area contributed by atoms with Gasteiger partial charge >= 0.3 is 0 Å². The standard InChI is InChI=1S/C26H24N2O2/c27-26(29)25-7-4-18-28(25)23-14-10-20(11-15-23)8-9-21-12-16-24(17-13-21)30-19-22-5-2-1-3-6-22/h1-3,5-6,10-17,25H,4,7,18-19H2,(H2,27,29)/t25-/m1/s1. The Morgan fingerprint density at radius 2 is 1.57 bits per heavy atom. The highest BCUT2D eigenvalue weighted by atomic mass is 16.5. The molecule has 0 bridgehead atoms. The molecule has 0 spiro atoms. The van der Waals surface area contributed by atoms with E-state index in [0.717, 1.165) is 47.5 Å². The fourth-order valence-electron chi connectivity index (χ4n) is 3.63. The Hall–Kier alpha value is -3.71. The van der Waals surface area contributed by atoms with Gasteiger partial charge in [-0.25, -0.2) is 0 Å². The summed E-state index contributed by atoms with van der Waals surface area (Å²) in [6.45, 7) is 1.41. The zero-order valence-electron chi connectivity index (χ0n) is 16.8. The largest absolute Gasteiger partial charge is 0.489 e. The van der Waals surface area contributed by atoms with Crippen LogP contribution in [0.15, 0.2) is 78.9 Å². The molecule has 3 aromatic rings. The van der Waals surface area contributed by atoms with Crippen molar-refractivity contribution >= 4 is 11.6 Å². The number of carbonyl (C=O) groups is 1. The van der Waals surface area contributed by atoms with Crippen LogP contribution in [-0.2, 0) is 11.4 Å². The van der Waals surface area contributed by atoms with Crippen molar-refractivity contribution in [1.29, 1.82) is 0 Å². The lowest BCUT2D eigenvalue weighted by molar-refractivity contribution is -0.119. The number of nitrogens with two attached hydrogens (primary N) is 1. The fourth-order valence-corrected chi connectivity index (χ4v) is 3.63. The predicted octanol–water partition coefficient (Wildman–Crippen LogP) is 4.12. The molecule has 1 amide bonds. The van der Waals surface area contributed by atoms with Gasteiger partial charge in [-0.05, 0) is 66.9 Å². The van der Waals surface area contributed by atoms with Crippen LogP contribution in [0.3, 0.4) is 0 Å². The molecule has 1 aliphatic heterocycles. The first-order valence-corrected chi connectivity index (χ1v) is 10.1. The Morgan fingerprint density at radius 3 is 2.20 bits per heavy atom. The summed E-state index contributed by atoms with van der Waals surface area (Å²) in [4.78, 5) is 13.7. The van der Waals surface area contributed by atoms with Gasteiger partial charge in [-0.1, -0.05) is 42.2 Å². The van der Waals surface area contributed by atoms with Gasteiger partial charge in [0, 0.05) is 23.4 Å². The van der Waals surface area contributed by atoms with E-state index in [0.29, 0.717) is 6.61 Å². The zero-order valence-corrected chi connectivity index (χ0v) is 16.8. The number of ether oxygens (including phenoxy) is 1. The van der Waals surface area contributed by atoms with Crippen molar-refractivity contribution in [2.24, 2.45) is 5.73 Å².